The maximum absolute atomic E-state index is 11.9. The van der Waals surface area contributed by atoms with Gasteiger partial charge >= 0.3 is 0 Å². The molecule has 0 radical (unpaired) electrons. The molecule has 2 rings (SSSR count). The normalized spacial score (nSPS) is 10.2. The van der Waals surface area contributed by atoms with E-state index in [-0.39, 0.29) is 23.8 Å². The van der Waals surface area contributed by atoms with Crippen molar-refractivity contribution in [3.63, 3.8) is 0 Å². The van der Waals surface area contributed by atoms with Crippen molar-refractivity contribution in [3.8, 4) is 0 Å². The number of pyridine rings is 1. The van der Waals surface area contributed by atoms with Crippen molar-refractivity contribution < 1.29 is 9.59 Å². The third-order valence-corrected chi connectivity index (χ3v) is 3.10. The summed E-state index contributed by atoms with van der Waals surface area (Å²) in [6.07, 6.45) is 1.58. The van der Waals surface area contributed by atoms with Crippen molar-refractivity contribution in [2.75, 3.05) is 5.32 Å². The Balaban J connectivity index is 2.06. The maximum Gasteiger partial charge on any atom is 0.253 e. The zero-order valence-electron chi connectivity index (χ0n) is 11.9. The van der Waals surface area contributed by atoms with Gasteiger partial charge in [0.25, 0.3) is 5.56 Å². The Morgan fingerprint density at radius 2 is 1.81 bits per heavy atom. The molecule has 0 fully saturated rings. The summed E-state index contributed by atoms with van der Waals surface area (Å²) in [7, 11) is 0. The summed E-state index contributed by atoms with van der Waals surface area (Å²) >= 11 is 0. The second kappa shape index (κ2) is 6.17. The van der Waals surface area contributed by atoms with Crippen LogP contribution in [0, 0.1) is 6.92 Å². The minimum atomic E-state index is -0.293. The van der Waals surface area contributed by atoms with Crippen LogP contribution in [0.5, 0.6) is 0 Å². The lowest BCUT2D eigenvalue weighted by molar-refractivity contribution is -0.116. The Kier molecular flexibility index (Phi) is 4.33. The number of nitrogens with one attached hydrogen (secondary N) is 1. The number of aryl methyl sites for hydroxylation is 1. The van der Waals surface area contributed by atoms with Gasteiger partial charge in [-0.25, -0.2) is 0 Å². The topological polar surface area (TPSA) is 68.2 Å². The molecule has 0 unspecified atom stereocenters. The van der Waals surface area contributed by atoms with Gasteiger partial charge in [-0.2, -0.15) is 0 Å². The van der Waals surface area contributed by atoms with Gasteiger partial charge in [0.2, 0.25) is 5.91 Å². The highest BCUT2D eigenvalue weighted by Crippen LogP contribution is 2.10. The van der Waals surface area contributed by atoms with E-state index < -0.39 is 0 Å². The number of carbonyl (C=O) groups excluding carboxylic acids is 2. The first-order chi connectivity index (χ1) is 9.97. The molecule has 1 aromatic carbocycles. The number of aromatic nitrogens is 1. The van der Waals surface area contributed by atoms with E-state index in [4.69, 9.17) is 0 Å². The summed E-state index contributed by atoms with van der Waals surface area (Å²) in [4.78, 5) is 34.9. The molecule has 0 atom stereocenters. The summed E-state index contributed by atoms with van der Waals surface area (Å²) in [5, 5.41) is 2.69. The Bertz CT molecular complexity index is 730. The minimum Gasteiger partial charge on any atom is -0.325 e. The molecule has 0 aliphatic rings. The highest BCUT2D eigenvalue weighted by Gasteiger charge is 2.06. The number of Topliss-reactive ketones (excluding diaryl/α,β-unsaturated/α-hetero) is 1. The van der Waals surface area contributed by atoms with Crippen molar-refractivity contribution in [2.45, 2.75) is 20.4 Å². The number of hydrogen-bond acceptors (Lipinski definition) is 3. The number of hydrogen-bond donors (Lipinski definition) is 1. The van der Waals surface area contributed by atoms with Gasteiger partial charge in [-0.05, 0) is 44.2 Å². The van der Waals surface area contributed by atoms with Crippen LogP contribution in [-0.4, -0.2) is 16.3 Å². The summed E-state index contributed by atoms with van der Waals surface area (Å²) in [6.45, 7) is 3.14. The van der Waals surface area contributed by atoms with Crippen LogP contribution in [0.15, 0.2) is 47.4 Å². The second-order valence-corrected chi connectivity index (χ2v) is 4.81. The van der Waals surface area contributed by atoms with Crippen molar-refractivity contribution in [3.05, 3.63) is 64.1 Å². The zero-order valence-corrected chi connectivity index (χ0v) is 11.9. The summed E-state index contributed by atoms with van der Waals surface area (Å²) in [6, 6.07) is 10.1. The number of anilines is 1. The van der Waals surface area contributed by atoms with E-state index in [0.29, 0.717) is 16.8 Å². The van der Waals surface area contributed by atoms with Gasteiger partial charge < -0.3 is 9.88 Å². The predicted molar refractivity (Wildman–Crippen MR) is 80.5 cm³/mol. The van der Waals surface area contributed by atoms with Crippen LogP contribution in [-0.2, 0) is 11.3 Å². The first-order valence-corrected chi connectivity index (χ1v) is 6.54. The Morgan fingerprint density at radius 1 is 1.14 bits per heavy atom. The number of carbonyl (C=O) groups is 2. The maximum atomic E-state index is 11.9. The number of nitrogens with zero attached hydrogens (tertiary/aromatic N) is 1. The average Bonchev–Trinajstić information content (AvgIpc) is 2.44. The largest absolute Gasteiger partial charge is 0.325 e. The Hall–Kier alpha value is -2.69. The molecule has 0 bridgehead atoms. The predicted octanol–water partition coefficient (Wildman–Crippen LogP) is 2.00. The van der Waals surface area contributed by atoms with Crippen molar-refractivity contribution in [1.82, 2.24) is 4.57 Å². The molecule has 0 saturated carbocycles. The molecule has 5 heteroatoms. The fraction of sp³-hybridized carbons (Fsp3) is 0.188. The van der Waals surface area contributed by atoms with Crippen molar-refractivity contribution in [2.24, 2.45) is 0 Å². The number of rotatable bonds is 4. The summed E-state index contributed by atoms with van der Waals surface area (Å²) in [5.41, 5.74) is 1.59. The van der Waals surface area contributed by atoms with E-state index in [1.807, 2.05) is 0 Å². The molecule has 0 aliphatic carbocycles. The Labute approximate surface area is 122 Å². The summed E-state index contributed by atoms with van der Waals surface area (Å²) < 4.78 is 1.36. The first kappa shape index (κ1) is 14.7. The van der Waals surface area contributed by atoms with Gasteiger partial charge in [-0.3, -0.25) is 14.4 Å². The number of benzene rings is 1. The van der Waals surface area contributed by atoms with Crippen LogP contribution < -0.4 is 10.9 Å². The Morgan fingerprint density at radius 3 is 2.43 bits per heavy atom. The molecule has 0 spiro atoms. The smallest absolute Gasteiger partial charge is 0.253 e. The van der Waals surface area contributed by atoms with Crippen LogP contribution in [0.3, 0.4) is 0 Å². The van der Waals surface area contributed by atoms with Crippen LogP contribution in [0.25, 0.3) is 0 Å². The fourth-order valence-corrected chi connectivity index (χ4v) is 1.92. The van der Waals surface area contributed by atoms with Crippen LogP contribution in [0.2, 0.25) is 0 Å². The highest BCUT2D eigenvalue weighted by molar-refractivity contribution is 5.95. The second-order valence-electron chi connectivity index (χ2n) is 4.81. The lowest BCUT2D eigenvalue weighted by Gasteiger charge is -2.08. The number of ketones is 1. The standard InChI is InChI=1S/C16H16N2O3/c1-11-4-3-9-18(16(11)21)10-15(20)17-14-7-5-13(6-8-14)12(2)19/h3-9H,10H2,1-2H3,(H,17,20). The van der Waals surface area contributed by atoms with Crippen molar-refractivity contribution >= 4 is 17.4 Å². The molecule has 1 N–H and O–H groups in total. The molecule has 108 valence electrons. The van der Waals surface area contributed by atoms with E-state index in [1.165, 1.54) is 11.5 Å². The van der Waals surface area contributed by atoms with Gasteiger partial charge in [0.05, 0.1) is 0 Å². The van der Waals surface area contributed by atoms with E-state index in [1.54, 1.807) is 49.5 Å². The SMILES string of the molecule is CC(=O)c1ccc(NC(=O)Cn2cccc(C)c2=O)cc1. The van der Waals surface area contributed by atoms with Crippen molar-refractivity contribution in [1.29, 1.82) is 0 Å². The van der Waals surface area contributed by atoms with Gasteiger partial charge in [-0.15, -0.1) is 0 Å². The van der Waals surface area contributed by atoms with E-state index >= 15 is 0 Å². The fourth-order valence-electron chi connectivity index (χ4n) is 1.92. The lowest BCUT2D eigenvalue weighted by Crippen LogP contribution is -2.28. The third kappa shape index (κ3) is 3.66. The molecule has 1 amide bonds. The number of amides is 1. The molecule has 21 heavy (non-hydrogen) atoms. The van der Waals surface area contributed by atoms with Crippen LogP contribution in [0.4, 0.5) is 5.69 Å². The zero-order chi connectivity index (χ0) is 15.4. The molecule has 0 saturated heterocycles. The first-order valence-electron chi connectivity index (χ1n) is 6.54. The molecule has 1 heterocycles. The van der Waals surface area contributed by atoms with Gasteiger partial charge in [0, 0.05) is 23.0 Å². The monoisotopic (exact) mass is 284 g/mol. The summed E-state index contributed by atoms with van der Waals surface area (Å²) in [5.74, 6) is -0.322. The molecular weight excluding hydrogens is 268 g/mol. The quantitative estimate of drug-likeness (QED) is 0.873. The van der Waals surface area contributed by atoms with Crippen LogP contribution in [0.1, 0.15) is 22.8 Å². The molecule has 5 nitrogen and oxygen atoms in total. The lowest BCUT2D eigenvalue weighted by atomic mass is 10.1. The molecular formula is C16H16N2O3. The molecule has 2 aromatic rings. The third-order valence-electron chi connectivity index (χ3n) is 3.10. The van der Waals surface area contributed by atoms with E-state index in [0.717, 1.165) is 0 Å². The van der Waals surface area contributed by atoms with Gasteiger partial charge in [0.1, 0.15) is 6.54 Å². The van der Waals surface area contributed by atoms with E-state index in [9.17, 15) is 14.4 Å². The highest BCUT2D eigenvalue weighted by atomic mass is 16.2. The van der Waals surface area contributed by atoms with Gasteiger partial charge in [-0.1, -0.05) is 6.07 Å². The minimum absolute atomic E-state index is 0.0285. The molecule has 1 aromatic heterocycles. The van der Waals surface area contributed by atoms with E-state index in [2.05, 4.69) is 5.32 Å². The average molecular weight is 284 g/mol. The molecule has 0 aliphatic heterocycles. The van der Waals surface area contributed by atoms with Crippen LogP contribution >= 0.6 is 0 Å². The van der Waals surface area contributed by atoms with Gasteiger partial charge in [0.15, 0.2) is 5.78 Å².